The number of halogens is 1. The Morgan fingerprint density at radius 1 is 1.38 bits per heavy atom. The van der Waals surface area contributed by atoms with Gasteiger partial charge in [0.25, 0.3) is 0 Å². The Morgan fingerprint density at radius 2 is 2.12 bits per heavy atom. The topological polar surface area (TPSA) is 45.1 Å². The summed E-state index contributed by atoms with van der Waals surface area (Å²) in [5.41, 5.74) is 1.11. The molecule has 1 saturated heterocycles. The molecule has 0 aromatic heterocycles. The Labute approximate surface area is 92.9 Å². The number of morpholine rings is 1. The molecule has 5 heteroatoms. The molecule has 1 N–H and O–H groups in total. The zero-order valence-corrected chi connectivity index (χ0v) is 8.77. The summed E-state index contributed by atoms with van der Waals surface area (Å²) in [7, 11) is 0. The van der Waals surface area contributed by atoms with Crippen LogP contribution in [0.15, 0.2) is 23.4 Å². The molecular weight excluding hydrogens is 211 g/mol. The van der Waals surface area contributed by atoms with Crippen molar-refractivity contribution in [2.24, 2.45) is 5.16 Å². The molecule has 1 fully saturated rings. The highest BCUT2D eigenvalue weighted by molar-refractivity contribution is 5.80. The monoisotopic (exact) mass is 224 g/mol. The number of oxime groups is 1. The van der Waals surface area contributed by atoms with Gasteiger partial charge in [0, 0.05) is 13.1 Å². The summed E-state index contributed by atoms with van der Waals surface area (Å²) < 4.78 is 18.9. The standard InChI is InChI=1S/C11H13FN2O2/c12-10-7-9(8-13-15)1-2-11(10)14-3-5-16-6-4-14/h1-2,7-8,15H,3-6H2/b13-8+. The number of nitrogens with zero attached hydrogens (tertiary/aromatic N) is 2. The second-order valence-corrected chi connectivity index (χ2v) is 3.55. The van der Waals surface area contributed by atoms with Crippen molar-refractivity contribution in [3.8, 4) is 0 Å². The fourth-order valence-corrected chi connectivity index (χ4v) is 1.73. The van der Waals surface area contributed by atoms with Crippen molar-refractivity contribution < 1.29 is 14.3 Å². The van der Waals surface area contributed by atoms with Gasteiger partial charge in [-0.1, -0.05) is 11.2 Å². The van der Waals surface area contributed by atoms with Crippen molar-refractivity contribution in [3.63, 3.8) is 0 Å². The van der Waals surface area contributed by atoms with Gasteiger partial charge in [0.2, 0.25) is 0 Å². The molecule has 0 radical (unpaired) electrons. The van der Waals surface area contributed by atoms with E-state index in [0.29, 0.717) is 37.6 Å². The Morgan fingerprint density at radius 3 is 2.75 bits per heavy atom. The molecule has 0 amide bonds. The molecule has 1 aliphatic heterocycles. The first-order chi connectivity index (χ1) is 7.81. The van der Waals surface area contributed by atoms with Crippen molar-refractivity contribution >= 4 is 11.9 Å². The SMILES string of the molecule is O/N=C/c1ccc(N2CCOCC2)c(F)c1. The Balaban J connectivity index is 2.21. The summed E-state index contributed by atoms with van der Waals surface area (Å²) in [6.45, 7) is 2.65. The number of benzene rings is 1. The fraction of sp³-hybridized carbons (Fsp3) is 0.364. The van der Waals surface area contributed by atoms with E-state index in [4.69, 9.17) is 9.94 Å². The van der Waals surface area contributed by atoms with Gasteiger partial charge in [-0.25, -0.2) is 4.39 Å². The lowest BCUT2D eigenvalue weighted by Gasteiger charge is -2.29. The molecule has 1 aliphatic rings. The molecule has 4 nitrogen and oxygen atoms in total. The quantitative estimate of drug-likeness (QED) is 0.470. The van der Waals surface area contributed by atoms with Gasteiger partial charge in [0.1, 0.15) is 5.82 Å². The minimum atomic E-state index is -0.306. The van der Waals surface area contributed by atoms with Crippen LogP contribution in [-0.2, 0) is 4.74 Å². The van der Waals surface area contributed by atoms with Crippen LogP contribution in [0.5, 0.6) is 0 Å². The van der Waals surface area contributed by atoms with Gasteiger partial charge in [-0.15, -0.1) is 0 Å². The minimum absolute atomic E-state index is 0.306. The van der Waals surface area contributed by atoms with E-state index in [1.165, 1.54) is 12.3 Å². The van der Waals surface area contributed by atoms with Crippen LogP contribution in [0.2, 0.25) is 0 Å². The number of ether oxygens (including phenoxy) is 1. The Kier molecular flexibility index (Phi) is 3.36. The predicted molar refractivity (Wildman–Crippen MR) is 58.8 cm³/mol. The van der Waals surface area contributed by atoms with E-state index in [-0.39, 0.29) is 5.82 Å². The Bertz CT molecular complexity index is 390. The van der Waals surface area contributed by atoms with Gasteiger partial charge < -0.3 is 14.8 Å². The molecule has 16 heavy (non-hydrogen) atoms. The van der Waals surface area contributed by atoms with E-state index < -0.39 is 0 Å². The lowest BCUT2D eigenvalue weighted by molar-refractivity contribution is 0.122. The molecule has 1 aromatic rings. The average molecular weight is 224 g/mol. The lowest BCUT2D eigenvalue weighted by atomic mass is 10.2. The molecule has 0 atom stereocenters. The van der Waals surface area contributed by atoms with Crippen LogP contribution in [0.3, 0.4) is 0 Å². The summed E-state index contributed by atoms with van der Waals surface area (Å²) in [5, 5.41) is 11.2. The van der Waals surface area contributed by atoms with E-state index >= 15 is 0 Å². The third-order valence-corrected chi connectivity index (χ3v) is 2.53. The highest BCUT2D eigenvalue weighted by Gasteiger charge is 2.14. The second kappa shape index (κ2) is 4.94. The first-order valence-corrected chi connectivity index (χ1v) is 5.11. The van der Waals surface area contributed by atoms with Gasteiger partial charge in [-0.2, -0.15) is 0 Å². The molecule has 0 spiro atoms. The summed E-state index contributed by atoms with van der Waals surface area (Å²) >= 11 is 0. The zero-order valence-electron chi connectivity index (χ0n) is 8.77. The third-order valence-electron chi connectivity index (χ3n) is 2.53. The van der Waals surface area contributed by atoms with Crippen LogP contribution in [0.25, 0.3) is 0 Å². The van der Waals surface area contributed by atoms with Crippen molar-refractivity contribution in [2.45, 2.75) is 0 Å². The molecule has 86 valence electrons. The number of hydrogen-bond acceptors (Lipinski definition) is 4. The average Bonchev–Trinajstić information content (AvgIpc) is 2.31. The molecule has 0 unspecified atom stereocenters. The fourth-order valence-electron chi connectivity index (χ4n) is 1.73. The summed E-state index contributed by atoms with van der Waals surface area (Å²) in [6, 6.07) is 4.76. The predicted octanol–water partition coefficient (Wildman–Crippen LogP) is 1.47. The molecule has 1 aromatic carbocycles. The molecule has 0 bridgehead atoms. The largest absolute Gasteiger partial charge is 0.411 e. The minimum Gasteiger partial charge on any atom is -0.411 e. The third kappa shape index (κ3) is 2.30. The van der Waals surface area contributed by atoms with Crippen LogP contribution < -0.4 is 4.90 Å². The van der Waals surface area contributed by atoms with Gasteiger partial charge in [0.05, 0.1) is 25.1 Å². The number of anilines is 1. The van der Waals surface area contributed by atoms with Gasteiger partial charge in [-0.05, 0) is 17.7 Å². The second-order valence-electron chi connectivity index (χ2n) is 3.55. The van der Waals surface area contributed by atoms with E-state index in [0.717, 1.165) is 0 Å². The summed E-state index contributed by atoms with van der Waals surface area (Å²) in [6.07, 6.45) is 1.20. The number of hydrogen-bond donors (Lipinski definition) is 1. The maximum Gasteiger partial charge on any atom is 0.147 e. The molecular formula is C11H13FN2O2. The van der Waals surface area contributed by atoms with Crippen molar-refractivity contribution in [3.05, 3.63) is 29.6 Å². The lowest BCUT2D eigenvalue weighted by Crippen LogP contribution is -2.36. The smallest absolute Gasteiger partial charge is 0.147 e. The highest BCUT2D eigenvalue weighted by Crippen LogP contribution is 2.20. The summed E-state index contributed by atoms with van der Waals surface area (Å²) in [4.78, 5) is 1.94. The first-order valence-electron chi connectivity index (χ1n) is 5.11. The highest BCUT2D eigenvalue weighted by atomic mass is 19.1. The van der Waals surface area contributed by atoms with Crippen LogP contribution >= 0.6 is 0 Å². The van der Waals surface area contributed by atoms with Gasteiger partial charge >= 0.3 is 0 Å². The van der Waals surface area contributed by atoms with Crippen LogP contribution in [0, 0.1) is 5.82 Å². The van der Waals surface area contributed by atoms with Crippen LogP contribution in [0.1, 0.15) is 5.56 Å². The van der Waals surface area contributed by atoms with E-state index in [1.54, 1.807) is 12.1 Å². The summed E-state index contributed by atoms with van der Waals surface area (Å²) in [5.74, 6) is -0.306. The van der Waals surface area contributed by atoms with E-state index in [9.17, 15) is 4.39 Å². The van der Waals surface area contributed by atoms with Crippen molar-refractivity contribution in [2.75, 3.05) is 31.2 Å². The molecule has 0 saturated carbocycles. The zero-order chi connectivity index (χ0) is 11.4. The maximum absolute atomic E-state index is 13.7. The first kappa shape index (κ1) is 10.9. The Hall–Kier alpha value is -1.62. The number of rotatable bonds is 2. The van der Waals surface area contributed by atoms with Crippen molar-refractivity contribution in [1.29, 1.82) is 0 Å². The molecule has 1 heterocycles. The van der Waals surface area contributed by atoms with Crippen LogP contribution in [0.4, 0.5) is 10.1 Å². The molecule has 2 rings (SSSR count). The van der Waals surface area contributed by atoms with Crippen LogP contribution in [-0.4, -0.2) is 37.7 Å². The van der Waals surface area contributed by atoms with E-state index in [2.05, 4.69) is 5.16 Å². The van der Waals surface area contributed by atoms with Crippen molar-refractivity contribution in [1.82, 2.24) is 0 Å². The normalized spacial score (nSPS) is 16.9. The van der Waals surface area contributed by atoms with Gasteiger partial charge in [0.15, 0.2) is 0 Å². The van der Waals surface area contributed by atoms with Gasteiger partial charge in [-0.3, -0.25) is 0 Å². The molecule has 0 aliphatic carbocycles. The van der Waals surface area contributed by atoms with E-state index in [1.807, 2.05) is 4.90 Å². The maximum atomic E-state index is 13.7.